The van der Waals surface area contributed by atoms with Crippen LogP contribution >= 0.6 is 0 Å². The van der Waals surface area contributed by atoms with Crippen LogP contribution in [0.5, 0.6) is 0 Å². The molecule has 1 unspecified atom stereocenters. The Morgan fingerprint density at radius 2 is 1.96 bits per heavy atom. The Kier molecular flexibility index (Phi) is 5.55. The second-order valence-corrected chi connectivity index (χ2v) is 7.09. The van der Waals surface area contributed by atoms with Gasteiger partial charge in [-0.1, -0.05) is 12.1 Å². The number of carbonyl (C=O) groups excluding carboxylic acids is 1. The summed E-state index contributed by atoms with van der Waals surface area (Å²) < 4.78 is 0. The van der Waals surface area contributed by atoms with Crippen LogP contribution in [0.15, 0.2) is 24.3 Å². The minimum atomic E-state index is 0.151. The molecule has 23 heavy (non-hydrogen) atoms. The molecule has 2 N–H and O–H groups in total. The smallest absolute Gasteiger partial charge is 0.279 e. The summed E-state index contributed by atoms with van der Waals surface area (Å²) in [4.78, 5) is 16.4. The summed E-state index contributed by atoms with van der Waals surface area (Å²) in [5.74, 6) is 0.151. The standard InChI is InChI=1S/C19H29N3O/c1-16-9-5-8-14-22(16)15-19(23)20-17-10-3-4-11-18(17)21-12-6-2-7-13-21/h3-4,10-11,16H,2,5-9,12-15H2,1H3,(H,20,23)/p+1/t16-/m0/s1. The average Bonchev–Trinajstić information content (AvgIpc) is 2.58. The van der Waals surface area contributed by atoms with Gasteiger partial charge >= 0.3 is 0 Å². The summed E-state index contributed by atoms with van der Waals surface area (Å²) in [5.41, 5.74) is 2.16. The van der Waals surface area contributed by atoms with Crippen molar-refractivity contribution in [2.45, 2.75) is 51.5 Å². The quantitative estimate of drug-likeness (QED) is 0.892. The summed E-state index contributed by atoms with van der Waals surface area (Å²) in [6, 6.07) is 8.86. The van der Waals surface area contributed by atoms with Gasteiger partial charge in [-0.3, -0.25) is 4.79 Å². The number of rotatable bonds is 4. The van der Waals surface area contributed by atoms with Gasteiger partial charge in [-0.2, -0.15) is 0 Å². The zero-order valence-corrected chi connectivity index (χ0v) is 14.3. The first-order valence-corrected chi connectivity index (χ1v) is 9.22. The maximum absolute atomic E-state index is 12.5. The molecule has 126 valence electrons. The monoisotopic (exact) mass is 316 g/mol. The number of para-hydroxylation sites is 2. The highest BCUT2D eigenvalue weighted by molar-refractivity contribution is 5.95. The molecule has 2 saturated heterocycles. The second kappa shape index (κ2) is 7.82. The normalized spacial score (nSPS) is 25.2. The first-order chi connectivity index (χ1) is 11.2. The first kappa shape index (κ1) is 16.3. The second-order valence-electron chi connectivity index (χ2n) is 7.09. The molecule has 0 saturated carbocycles. The van der Waals surface area contributed by atoms with E-state index >= 15 is 0 Å². The minimum Gasteiger partial charge on any atom is -0.370 e. The van der Waals surface area contributed by atoms with Crippen LogP contribution in [0.1, 0.15) is 45.4 Å². The average molecular weight is 316 g/mol. The van der Waals surface area contributed by atoms with Crippen LogP contribution in [0, 0.1) is 0 Å². The van der Waals surface area contributed by atoms with E-state index in [4.69, 9.17) is 0 Å². The molecule has 2 aliphatic heterocycles. The number of nitrogens with one attached hydrogen (secondary N) is 2. The Morgan fingerprint density at radius 1 is 1.17 bits per heavy atom. The van der Waals surface area contributed by atoms with Crippen LogP contribution < -0.4 is 15.1 Å². The largest absolute Gasteiger partial charge is 0.370 e. The molecule has 0 spiro atoms. The van der Waals surface area contributed by atoms with Crippen LogP contribution in [-0.2, 0) is 4.79 Å². The molecule has 1 amide bonds. The number of carbonyl (C=O) groups is 1. The van der Waals surface area contributed by atoms with Crippen molar-refractivity contribution in [3.05, 3.63) is 24.3 Å². The van der Waals surface area contributed by atoms with E-state index in [-0.39, 0.29) is 5.91 Å². The highest BCUT2D eigenvalue weighted by Crippen LogP contribution is 2.28. The predicted molar refractivity (Wildman–Crippen MR) is 95.1 cm³/mol. The van der Waals surface area contributed by atoms with Gasteiger partial charge in [0.1, 0.15) is 0 Å². The maximum Gasteiger partial charge on any atom is 0.279 e. The van der Waals surface area contributed by atoms with Crippen LogP contribution in [0.3, 0.4) is 0 Å². The van der Waals surface area contributed by atoms with Crippen molar-refractivity contribution in [2.75, 3.05) is 36.4 Å². The molecular formula is C19H30N3O+. The minimum absolute atomic E-state index is 0.151. The van der Waals surface area contributed by atoms with E-state index in [1.165, 1.54) is 49.1 Å². The third-order valence-electron chi connectivity index (χ3n) is 5.34. The summed E-state index contributed by atoms with van der Waals surface area (Å²) >= 11 is 0. The lowest BCUT2D eigenvalue weighted by atomic mass is 10.0. The molecule has 1 aromatic carbocycles. The highest BCUT2D eigenvalue weighted by atomic mass is 16.2. The lowest BCUT2D eigenvalue weighted by Gasteiger charge is -2.31. The molecule has 0 bridgehead atoms. The van der Waals surface area contributed by atoms with Crippen molar-refractivity contribution in [1.82, 2.24) is 0 Å². The van der Waals surface area contributed by atoms with Gasteiger partial charge in [0.25, 0.3) is 5.91 Å². The van der Waals surface area contributed by atoms with Crippen LogP contribution in [0.4, 0.5) is 11.4 Å². The summed E-state index contributed by atoms with van der Waals surface area (Å²) in [5, 5.41) is 3.17. The number of hydrogen-bond acceptors (Lipinski definition) is 2. The molecule has 0 aliphatic carbocycles. The van der Waals surface area contributed by atoms with Gasteiger partial charge in [-0.15, -0.1) is 0 Å². The van der Waals surface area contributed by atoms with E-state index in [0.29, 0.717) is 12.6 Å². The van der Waals surface area contributed by atoms with Gasteiger partial charge < -0.3 is 15.1 Å². The lowest BCUT2D eigenvalue weighted by Crippen LogP contribution is -3.17. The number of anilines is 2. The number of piperidine rings is 2. The number of amides is 1. The Morgan fingerprint density at radius 3 is 2.74 bits per heavy atom. The number of nitrogens with zero attached hydrogens (tertiary/aromatic N) is 1. The SMILES string of the molecule is C[C@H]1CCCC[NH+]1CC(=O)Nc1ccccc1N1CCCCC1. The van der Waals surface area contributed by atoms with Crippen molar-refractivity contribution in [3.63, 3.8) is 0 Å². The topological polar surface area (TPSA) is 36.8 Å². The molecule has 0 aromatic heterocycles. The molecule has 2 heterocycles. The molecule has 0 radical (unpaired) electrons. The van der Waals surface area contributed by atoms with Crippen molar-refractivity contribution in [2.24, 2.45) is 0 Å². The third kappa shape index (κ3) is 4.25. The molecule has 1 aromatic rings. The van der Waals surface area contributed by atoms with Crippen LogP contribution in [0.2, 0.25) is 0 Å². The zero-order valence-electron chi connectivity index (χ0n) is 14.3. The Labute approximate surface area is 139 Å². The van der Waals surface area contributed by atoms with Crippen molar-refractivity contribution in [1.29, 1.82) is 0 Å². The summed E-state index contributed by atoms with van der Waals surface area (Å²) in [6.45, 7) is 6.18. The Hall–Kier alpha value is -1.55. The fourth-order valence-electron chi connectivity index (χ4n) is 3.91. The van der Waals surface area contributed by atoms with Gasteiger partial charge in [-0.05, 0) is 57.6 Å². The number of hydrogen-bond donors (Lipinski definition) is 2. The Balaban J connectivity index is 1.63. The maximum atomic E-state index is 12.5. The van der Waals surface area contributed by atoms with Crippen molar-refractivity contribution >= 4 is 17.3 Å². The molecule has 4 nitrogen and oxygen atoms in total. The Bertz CT molecular complexity index is 525. The summed E-state index contributed by atoms with van der Waals surface area (Å²) in [6.07, 6.45) is 7.62. The van der Waals surface area contributed by atoms with Crippen molar-refractivity contribution in [3.8, 4) is 0 Å². The molecule has 2 fully saturated rings. The van der Waals surface area contributed by atoms with Gasteiger partial charge in [0.05, 0.1) is 24.0 Å². The lowest BCUT2D eigenvalue weighted by molar-refractivity contribution is -0.920. The molecule has 2 aliphatic rings. The molecule has 2 atom stereocenters. The third-order valence-corrected chi connectivity index (χ3v) is 5.34. The van der Waals surface area contributed by atoms with E-state index in [1.807, 2.05) is 12.1 Å². The first-order valence-electron chi connectivity index (χ1n) is 9.22. The molecule has 3 rings (SSSR count). The van der Waals surface area contributed by atoms with E-state index in [2.05, 4.69) is 29.3 Å². The van der Waals surface area contributed by atoms with Gasteiger partial charge in [0.15, 0.2) is 6.54 Å². The zero-order chi connectivity index (χ0) is 16.1. The fourth-order valence-corrected chi connectivity index (χ4v) is 3.91. The fraction of sp³-hybridized carbons (Fsp3) is 0.632. The van der Waals surface area contributed by atoms with E-state index in [9.17, 15) is 4.79 Å². The number of benzene rings is 1. The van der Waals surface area contributed by atoms with Crippen LogP contribution in [0.25, 0.3) is 0 Å². The van der Waals surface area contributed by atoms with E-state index < -0.39 is 0 Å². The molecular weight excluding hydrogens is 286 g/mol. The predicted octanol–water partition coefficient (Wildman–Crippen LogP) is 2.07. The van der Waals surface area contributed by atoms with E-state index in [1.54, 1.807) is 0 Å². The van der Waals surface area contributed by atoms with E-state index in [0.717, 1.165) is 25.3 Å². The van der Waals surface area contributed by atoms with Crippen LogP contribution in [-0.4, -0.2) is 38.1 Å². The van der Waals surface area contributed by atoms with Gasteiger partial charge in [-0.25, -0.2) is 0 Å². The van der Waals surface area contributed by atoms with Crippen molar-refractivity contribution < 1.29 is 9.69 Å². The summed E-state index contributed by atoms with van der Waals surface area (Å²) in [7, 11) is 0. The number of likely N-dealkylation sites (tertiary alicyclic amines) is 1. The van der Waals surface area contributed by atoms with Gasteiger partial charge in [0, 0.05) is 13.1 Å². The molecule has 4 heteroatoms. The number of quaternary nitrogens is 1. The highest BCUT2D eigenvalue weighted by Gasteiger charge is 2.24. The van der Waals surface area contributed by atoms with Gasteiger partial charge in [0.2, 0.25) is 0 Å².